The summed E-state index contributed by atoms with van der Waals surface area (Å²) < 4.78 is 1.24. The van der Waals surface area contributed by atoms with Gasteiger partial charge in [-0.05, 0) is 43.2 Å². The average Bonchev–Trinajstić information content (AvgIpc) is 3.06. The van der Waals surface area contributed by atoms with Crippen LogP contribution in [0.15, 0.2) is 42.5 Å². The fraction of sp³-hybridized carbons (Fsp3) is 0.333. The summed E-state index contributed by atoms with van der Waals surface area (Å²) in [4.78, 5) is 22.0. The van der Waals surface area contributed by atoms with Crippen LogP contribution < -0.4 is 0 Å². The van der Waals surface area contributed by atoms with E-state index in [1.807, 2.05) is 30.0 Å². The van der Waals surface area contributed by atoms with E-state index in [1.54, 1.807) is 11.3 Å². The van der Waals surface area contributed by atoms with E-state index in [-0.39, 0.29) is 5.91 Å². The quantitative estimate of drug-likeness (QED) is 0.707. The molecule has 0 unspecified atom stereocenters. The van der Waals surface area contributed by atoms with Crippen LogP contribution in [0, 0.1) is 13.8 Å². The highest BCUT2D eigenvalue weighted by molar-refractivity contribution is 7.18. The molecular formula is C21H23N3OS. The summed E-state index contributed by atoms with van der Waals surface area (Å²) in [5, 5.41) is 1.15. The van der Waals surface area contributed by atoms with Crippen LogP contribution in [-0.4, -0.2) is 46.9 Å². The number of fused-ring (bicyclic) bond motifs is 1. The number of para-hydroxylation sites is 1. The number of hydrogen-bond acceptors (Lipinski definition) is 4. The molecule has 1 saturated heterocycles. The third kappa shape index (κ3) is 3.37. The van der Waals surface area contributed by atoms with Crippen LogP contribution in [0.1, 0.15) is 26.5 Å². The van der Waals surface area contributed by atoms with Gasteiger partial charge in [-0.15, -0.1) is 11.3 Å². The Labute approximate surface area is 158 Å². The molecule has 1 aliphatic heterocycles. The number of piperazine rings is 1. The molecule has 4 nitrogen and oxygen atoms in total. The van der Waals surface area contributed by atoms with Crippen molar-refractivity contribution >= 4 is 27.5 Å². The van der Waals surface area contributed by atoms with Crippen molar-refractivity contribution in [2.45, 2.75) is 20.4 Å². The van der Waals surface area contributed by atoms with Gasteiger partial charge in [-0.1, -0.05) is 24.3 Å². The lowest BCUT2D eigenvalue weighted by Gasteiger charge is -2.34. The van der Waals surface area contributed by atoms with Gasteiger partial charge in [0.05, 0.1) is 16.8 Å². The molecule has 1 aromatic heterocycles. The molecule has 0 N–H and O–H groups in total. The molecule has 0 aliphatic carbocycles. The summed E-state index contributed by atoms with van der Waals surface area (Å²) in [5.41, 5.74) is 4.18. The van der Waals surface area contributed by atoms with Gasteiger partial charge in [0.1, 0.15) is 5.01 Å². The van der Waals surface area contributed by atoms with E-state index in [9.17, 15) is 4.79 Å². The van der Waals surface area contributed by atoms with Crippen LogP contribution in [0.5, 0.6) is 0 Å². The Balaban J connectivity index is 1.39. The summed E-state index contributed by atoms with van der Waals surface area (Å²) in [6, 6.07) is 14.2. The molecule has 1 fully saturated rings. The standard InChI is InChI=1S/C21H23N3OS/c1-15-6-5-7-17(16(15)2)21(25)24-12-10-23(11-13-24)14-20-22-18-8-3-4-9-19(18)26-20/h3-9H,10-14H2,1-2H3. The largest absolute Gasteiger partial charge is 0.336 e. The highest BCUT2D eigenvalue weighted by atomic mass is 32.1. The summed E-state index contributed by atoms with van der Waals surface area (Å²) in [6.45, 7) is 8.30. The Morgan fingerprint density at radius 2 is 1.81 bits per heavy atom. The minimum atomic E-state index is 0.158. The van der Waals surface area contributed by atoms with Gasteiger partial charge in [0.2, 0.25) is 0 Å². The van der Waals surface area contributed by atoms with Crippen molar-refractivity contribution in [3.8, 4) is 0 Å². The predicted octanol–water partition coefficient (Wildman–Crippen LogP) is 3.87. The van der Waals surface area contributed by atoms with Gasteiger partial charge >= 0.3 is 0 Å². The van der Waals surface area contributed by atoms with E-state index >= 15 is 0 Å². The molecular weight excluding hydrogens is 342 g/mol. The average molecular weight is 366 g/mol. The number of nitrogens with zero attached hydrogens (tertiary/aromatic N) is 3. The van der Waals surface area contributed by atoms with Crippen LogP contribution in [0.2, 0.25) is 0 Å². The third-order valence-corrected chi connectivity index (χ3v) is 6.21. The van der Waals surface area contributed by atoms with Crippen molar-refractivity contribution in [2.24, 2.45) is 0 Å². The maximum Gasteiger partial charge on any atom is 0.254 e. The van der Waals surface area contributed by atoms with Crippen LogP contribution in [-0.2, 0) is 6.54 Å². The van der Waals surface area contributed by atoms with E-state index < -0.39 is 0 Å². The molecule has 1 amide bonds. The first-order chi connectivity index (χ1) is 12.6. The molecule has 3 aromatic rings. The lowest BCUT2D eigenvalue weighted by molar-refractivity contribution is 0.0627. The second-order valence-corrected chi connectivity index (χ2v) is 8.01. The van der Waals surface area contributed by atoms with E-state index in [0.717, 1.165) is 54.4 Å². The maximum absolute atomic E-state index is 12.9. The molecule has 0 saturated carbocycles. The highest BCUT2D eigenvalue weighted by Gasteiger charge is 2.24. The second kappa shape index (κ2) is 7.17. The zero-order chi connectivity index (χ0) is 18.1. The van der Waals surface area contributed by atoms with Gasteiger partial charge in [-0.25, -0.2) is 4.98 Å². The molecule has 0 spiro atoms. The number of hydrogen-bond donors (Lipinski definition) is 0. The molecule has 2 heterocycles. The highest BCUT2D eigenvalue weighted by Crippen LogP contribution is 2.23. The number of aryl methyl sites for hydroxylation is 1. The number of carbonyl (C=O) groups excluding carboxylic acids is 1. The first kappa shape index (κ1) is 17.2. The minimum absolute atomic E-state index is 0.158. The zero-order valence-electron chi connectivity index (χ0n) is 15.2. The lowest BCUT2D eigenvalue weighted by Crippen LogP contribution is -2.48. The summed E-state index contributed by atoms with van der Waals surface area (Å²) in [6.07, 6.45) is 0. The maximum atomic E-state index is 12.9. The zero-order valence-corrected chi connectivity index (χ0v) is 16.1. The van der Waals surface area contributed by atoms with Crippen molar-refractivity contribution < 1.29 is 4.79 Å². The molecule has 0 radical (unpaired) electrons. The van der Waals surface area contributed by atoms with Crippen molar-refractivity contribution in [1.29, 1.82) is 0 Å². The number of carbonyl (C=O) groups is 1. The SMILES string of the molecule is Cc1cccc(C(=O)N2CCN(Cc3nc4ccccc4s3)CC2)c1C. The van der Waals surface area contributed by atoms with Crippen molar-refractivity contribution in [2.75, 3.05) is 26.2 Å². The Hall–Kier alpha value is -2.24. The molecule has 134 valence electrons. The number of rotatable bonds is 3. The Morgan fingerprint density at radius 3 is 2.58 bits per heavy atom. The monoisotopic (exact) mass is 365 g/mol. The second-order valence-electron chi connectivity index (χ2n) is 6.89. The Kier molecular flexibility index (Phi) is 4.74. The predicted molar refractivity (Wildman–Crippen MR) is 107 cm³/mol. The topological polar surface area (TPSA) is 36.4 Å². The van der Waals surface area contributed by atoms with Gasteiger partial charge in [0.25, 0.3) is 5.91 Å². The van der Waals surface area contributed by atoms with E-state index in [4.69, 9.17) is 4.98 Å². The normalized spacial score (nSPS) is 15.5. The van der Waals surface area contributed by atoms with Gasteiger partial charge in [-0.3, -0.25) is 9.69 Å². The Morgan fingerprint density at radius 1 is 1.04 bits per heavy atom. The number of benzene rings is 2. The Bertz CT molecular complexity index is 908. The van der Waals surface area contributed by atoms with Gasteiger partial charge in [0, 0.05) is 31.7 Å². The van der Waals surface area contributed by atoms with Crippen molar-refractivity contribution in [3.05, 3.63) is 64.2 Å². The number of amides is 1. The fourth-order valence-electron chi connectivity index (χ4n) is 3.44. The van der Waals surface area contributed by atoms with Gasteiger partial charge in [-0.2, -0.15) is 0 Å². The molecule has 0 atom stereocenters. The summed E-state index contributed by atoms with van der Waals surface area (Å²) in [7, 11) is 0. The number of thiazole rings is 1. The fourth-order valence-corrected chi connectivity index (χ4v) is 4.45. The van der Waals surface area contributed by atoms with Gasteiger partial charge < -0.3 is 4.90 Å². The smallest absolute Gasteiger partial charge is 0.254 e. The molecule has 4 rings (SSSR count). The number of aromatic nitrogens is 1. The summed E-state index contributed by atoms with van der Waals surface area (Å²) in [5.74, 6) is 0.158. The molecule has 2 aromatic carbocycles. The van der Waals surface area contributed by atoms with E-state index in [0.29, 0.717) is 0 Å². The first-order valence-electron chi connectivity index (χ1n) is 9.04. The molecule has 1 aliphatic rings. The van der Waals surface area contributed by atoms with Gasteiger partial charge in [0.15, 0.2) is 0 Å². The molecule has 26 heavy (non-hydrogen) atoms. The summed E-state index contributed by atoms with van der Waals surface area (Å²) >= 11 is 1.77. The minimum Gasteiger partial charge on any atom is -0.336 e. The first-order valence-corrected chi connectivity index (χ1v) is 9.86. The lowest BCUT2D eigenvalue weighted by atomic mass is 10.0. The molecule has 5 heteroatoms. The van der Waals surface area contributed by atoms with Crippen LogP contribution in [0.25, 0.3) is 10.2 Å². The van der Waals surface area contributed by atoms with Crippen LogP contribution in [0.3, 0.4) is 0 Å². The van der Waals surface area contributed by atoms with Crippen molar-refractivity contribution in [3.63, 3.8) is 0 Å². The van der Waals surface area contributed by atoms with E-state index in [1.165, 1.54) is 10.3 Å². The van der Waals surface area contributed by atoms with Crippen molar-refractivity contribution in [1.82, 2.24) is 14.8 Å². The van der Waals surface area contributed by atoms with E-state index in [2.05, 4.69) is 36.1 Å². The van der Waals surface area contributed by atoms with Crippen LogP contribution in [0.4, 0.5) is 0 Å². The third-order valence-electron chi connectivity index (χ3n) is 5.19. The van der Waals surface area contributed by atoms with Crippen LogP contribution >= 0.6 is 11.3 Å². The molecule has 0 bridgehead atoms.